The number of ether oxygens (including phenoxy) is 1. The number of anilines is 2. The molecule has 2 aromatic carbocycles. The first kappa shape index (κ1) is 16.9. The minimum atomic E-state index is -0.387. The Balaban J connectivity index is 1.70. The molecule has 1 amide bonds. The maximum Gasteiger partial charge on any atom is 0.331 e. The lowest BCUT2D eigenvalue weighted by atomic mass is 10.1. The van der Waals surface area contributed by atoms with E-state index in [4.69, 9.17) is 10.00 Å². The van der Waals surface area contributed by atoms with Crippen LogP contribution in [-0.4, -0.2) is 25.0 Å². The van der Waals surface area contributed by atoms with Crippen LogP contribution in [0.15, 0.2) is 47.4 Å². The summed E-state index contributed by atoms with van der Waals surface area (Å²) in [4.78, 5) is 26.6. The molecule has 0 aromatic heterocycles. The average Bonchev–Trinajstić information content (AvgIpc) is 2.57. The van der Waals surface area contributed by atoms with Crippen molar-refractivity contribution in [2.24, 2.45) is 0 Å². The van der Waals surface area contributed by atoms with Gasteiger partial charge in [0.1, 0.15) is 11.9 Å². The Morgan fingerprint density at radius 1 is 1.32 bits per heavy atom. The molecule has 1 aliphatic heterocycles. The highest BCUT2D eigenvalue weighted by Gasteiger charge is 2.25. The van der Waals surface area contributed by atoms with Crippen LogP contribution in [0, 0.1) is 17.6 Å². The Morgan fingerprint density at radius 3 is 2.80 bits per heavy atom. The molecular formula is C18H15N3O3S. The zero-order valence-electron chi connectivity index (χ0n) is 13.5. The van der Waals surface area contributed by atoms with Crippen LogP contribution in [0.3, 0.4) is 0 Å². The van der Waals surface area contributed by atoms with Gasteiger partial charge in [0.05, 0.1) is 12.2 Å². The molecule has 0 unspecified atom stereocenters. The fourth-order valence-electron chi connectivity index (χ4n) is 2.53. The number of carbonyl (C=O) groups is 2. The predicted molar refractivity (Wildman–Crippen MR) is 95.6 cm³/mol. The summed E-state index contributed by atoms with van der Waals surface area (Å²) in [6, 6.07) is 12.5. The Bertz CT molecular complexity index is 859. The third-order valence-corrected chi connectivity index (χ3v) is 4.23. The summed E-state index contributed by atoms with van der Waals surface area (Å²) >= 11 is 1.06. The topological polar surface area (TPSA) is 82.4 Å². The van der Waals surface area contributed by atoms with Crippen LogP contribution >= 0.6 is 11.8 Å². The first-order chi connectivity index (χ1) is 12.0. The van der Waals surface area contributed by atoms with E-state index < -0.39 is 0 Å². The van der Waals surface area contributed by atoms with E-state index in [1.54, 1.807) is 35.2 Å². The molecule has 0 fully saturated rings. The molecule has 0 radical (unpaired) electrons. The summed E-state index contributed by atoms with van der Waals surface area (Å²) in [7, 11) is 0. The van der Waals surface area contributed by atoms with Crippen LogP contribution in [0.1, 0.15) is 5.56 Å². The van der Waals surface area contributed by atoms with Gasteiger partial charge in [-0.25, -0.2) is 4.79 Å². The number of thiocyanates is 1. The molecule has 7 heteroatoms. The molecule has 25 heavy (non-hydrogen) atoms. The molecule has 1 aliphatic rings. The maximum atomic E-state index is 12.3. The van der Waals surface area contributed by atoms with Crippen molar-refractivity contribution < 1.29 is 14.3 Å². The summed E-state index contributed by atoms with van der Waals surface area (Å²) in [5.74, 6) is -0.155. The van der Waals surface area contributed by atoms with Crippen LogP contribution in [0.5, 0.6) is 5.75 Å². The zero-order valence-corrected chi connectivity index (χ0v) is 14.3. The van der Waals surface area contributed by atoms with Crippen LogP contribution in [0.4, 0.5) is 11.4 Å². The van der Waals surface area contributed by atoms with E-state index in [2.05, 4.69) is 5.32 Å². The molecule has 0 atom stereocenters. The molecule has 3 rings (SSSR count). The second-order valence-electron chi connectivity index (χ2n) is 5.57. The Morgan fingerprint density at radius 2 is 2.08 bits per heavy atom. The van der Waals surface area contributed by atoms with E-state index in [1.807, 2.05) is 24.5 Å². The molecule has 0 aliphatic carbocycles. The van der Waals surface area contributed by atoms with Gasteiger partial charge in [0, 0.05) is 10.6 Å². The van der Waals surface area contributed by atoms with E-state index in [9.17, 15) is 9.59 Å². The van der Waals surface area contributed by atoms with Gasteiger partial charge in [-0.1, -0.05) is 6.07 Å². The van der Waals surface area contributed by atoms with E-state index in [0.29, 0.717) is 11.4 Å². The number of carbonyl (C=O) groups excluding carboxylic acids is 2. The first-order valence-electron chi connectivity index (χ1n) is 7.57. The summed E-state index contributed by atoms with van der Waals surface area (Å²) in [6.45, 7) is 2.01. The van der Waals surface area contributed by atoms with Gasteiger partial charge in [0.25, 0.3) is 0 Å². The third kappa shape index (κ3) is 4.11. The van der Waals surface area contributed by atoms with Crippen LogP contribution in [0.2, 0.25) is 0 Å². The molecule has 0 saturated carbocycles. The Hall–Kier alpha value is -2.98. The Kier molecular flexibility index (Phi) is 4.91. The monoisotopic (exact) mass is 353 g/mol. The minimum absolute atomic E-state index is 0.0294. The van der Waals surface area contributed by atoms with Gasteiger partial charge in [0.15, 0.2) is 5.75 Å². The lowest BCUT2D eigenvalue weighted by Crippen LogP contribution is -2.41. The number of thioether (sulfide) groups is 1. The fourth-order valence-corrected chi connectivity index (χ4v) is 2.91. The molecule has 2 aromatic rings. The fraction of sp³-hybridized carbons (Fsp3) is 0.167. The Labute approximate surface area is 149 Å². The summed E-state index contributed by atoms with van der Waals surface area (Å²) in [5.41, 5.74) is 2.39. The smallest absolute Gasteiger partial charge is 0.331 e. The SMILES string of the molecule is Cc1ccc2c(c1)N(CC(=O)Nc1ccc(SC#N)cc1)CC(=O)O2. The third-order valence-electron chi connectivity index (χ3n) is 3.63. The van der Waals surface area contributed by atoms with Gasteiger partial charge >= 0.3 is 5.97 Å². The molecular weight excluding hydrogens is 338 g/mol. The summed E-state index contributed by atoms with van der Waals surface area (Å²) in [5, 5.41) is 13.4. The number of esters is 1. The number of nitriles is 1. The molecule has 0 saturated heterocycles. The lowest BCUT2D eigenvalue weighted by Gasteiger charge is -2.29. The van der Waals surface area contributed by atoms with Crippen molar-refractivity contribution >= 4 is 35.0 Å². The van der Waals surface area contributed by atoms with Crippen molar-refractivity contribution in [2.45, 2.75) is 11.8 Å². The summed E-state index contributed by atoms with van der Waals surface area (Å²) < 4.78 is 5.21. The normalized spacial score (nSPS) is 12.8. The van der Waals surface area contributed by atoms with Gasteiger partial charge in [0.2, 0.25) is 5.91 Å². The lowest BCUT2D eigenvalue weighted by molar-refractivity contribution is -0.133. The quantitative estimate of drug-likeness (QED) is 0.394. The number of amides is 1. The van der Waals surface area contributed by atoms with Gasteiger partial charge in [-0.05, 0) is 60.6 Å². The van der Waals surface area contributed by atoms with Crippen molar-refractivity contribution in [3.05, 3.63) is 48.0 Å². The molecule has 0 bridgehead atoms. The van der Waals surface area contributed by atoms with Gasteiger partial charge in [-0.3, -0.25) is 4.79 Å². The minimum Gasteiger partial charge on any atom is -0.423 e. The van der Waals surface area contributed by atoms with Crippen molar-refractivity contribution in [3.63, 3.8) is 0 Å². The number of nitrogens with zero attached hydrogens (tertiary/aromatic N) is 2. The van der Waals surface area contributed by atoms with E-state index in [-0.39, 0.29) is 25.0 Å². The average molecular weight is 353 g/mol. The van der Waals surface area contributed by atoms with E-state index >= 15 is 0 Å². The van der Waals surface area contributed by atoms with Crippen molar-refractivity contribution in [2.75, 3.05) is 23.3 Å². The van der Waals surface area contributed by atoms with Crippen LogP contribution in [0.25, 0.3) is 0 Å². The number of hydrogen-bond donors (Lipinski definition) is 1. The maximum absolute atomic E-state index is 12.3. The number of nitrogens with one attached hydrogen (secondary N) is 1. The largest absolute Gasteiger partial charge is 0.423 e. The molecule has 1 N–H and O–H groups in total. The molecule has 6 nitrogen and oxygen atoms in total. The van der Waals surface area contributed by atoms with Crippen LogP contribution in [-0.2, 0) is 9.59 Å². The van der Waals surface area contributed by atoms with Gasteiger partial charge < -0.3 is 15.0 Å². The van der Waals surface area contributed by atoms with Gasteiger partial charge in [-0.2, -0.15) is 5.26 Å². The predicted octanol–water partition coefficient (Wildman–Crippen LogP) is 2.93. The zero-order chi connectivity index (χ0) is 17.8. The number of benzene rings is 2. The highest BCUT2D eigenvalue weighted by molar-refractivity contribution is 8.03. The van der Waals surface area contributed by atoms with Crippen LogP contribution < -0.4 is 15.0 Å². The second kappa shape index (κ2) is 7.28. The van der Waals surface area contributed by atoms with Crippen molar-refractivity contribution in [1.29, 1.82) is 5.26 Å². The van der Waals surface area contributed by atoms with Crippen molar-refractivity contribution in [3.8, 4) is 11.2 Å². The second-order valence-corrected chi connectivity index (χ2v) is 6.43. The first-order valence-corrected chi connectivity index (χ1v) is 8.39. The molecule has 126 valence electrons. The van der Waals surface area contributed by atoms with E-state index in [0.717, 1.165) is 27.9 Å². The summed E-state index contributed by atoms with van der Waals surface area (Å²) in [6.07, 6.45) is 0. The number of hydrogen-bond acceptors (Lipinski definition) is 6. The molecule has 1 heterocycles. The van der Waals surface area contributed by atoms with Crippen molar-refractivity contribution in [1.82, 2.24) is 0 Å². The number of fused-ring (bicyclic) bond motifs is 1. The van der Waals surface area contributed by atoms with Gasteiger partial charge in [-0.15, -0.1) is 0 Å². The van der Waals surface area contributed by atoms with E-state index in [1.165, 1.54) is 0 Å². The molecule has 0 spiro atoms. The highest BCUT2D eigenvalue weighted by Crippen LogP contribution is 2.32. The number of rotatable bonds is 4. The standard InChI is InChI=1S/C18H15N3O3S/c1-12-2-7-16-15(8-12)21(10-18(23)24-16)9-17(22)20-13-3-5-14(6-4-13)25-11-19/h2-8H,9-10H2,1H3,(H,20,22). The highest BCUT2D eigenvalue weighted by atomic mass is 32.2. The number of aryl methyl sites for hydroxylation is 1.